The SMILES string of the molecule is Cc1ccccc1CN(C(=O)CCc1cccc2ccccc12)[C@H](Cc1ccccc1)C(=O)NC(C)C. The number of fused-ring (bicyclic) bond motifs is 1. The summed E-state index contributed by atoms with van der Waals surface area (Å²) in [5.41, 5.74) is 4.34. The highest BCUT2D eigenvalue weighted by Crippen LogP contribution is 2.22. The number of hydrogen-bond acceptors (Lipinski definition) is 2. The zero-order chi connectivity index (χ0) is 26.2. The second kappa shape index (κ2) is 12.4. The van der Waals surface area contributed by atoms with Crippen LogP contribution < -0.4 is 5.32 Å². The Balaban J connectivity index is 1.65. The van der Waals surface area contributed by atoms with Crippen molar-refractivity contribution in [2.75, 3.05) is 0 Å². The molecule has 4 heteroatoms. The molecule has 4 rings (SSSR count). The molecule has 0 heterocycles. The summed E-state index contributed by atoms with van der Waals surface area (Å²) < 4.78 is 0. The Morgan fingerprint density at radius 2 is 1.43 bits per heavy atom. The van der Waals surface area contributed by atoms with Gasteiger partial charge in [-0.05, 0) is 60.2 Å². The van der Waals surface area contributed by atoms with E-state index in [1.54, 1.807) is 4.90 Å². The molecule has 0 spiro atoms. The van der Waals surface area contributed by atoms with Crippen LogP contribution in [0.25, 0.3) is 10.8 Å². The number of nitrogens with one attached hydrogen (secondary N) is 1. The lowest BCUT2D eigenvalue weighted by Gasteiger charge is -2.32. The molecule has 37 heavy (non-hydrogen) atoms. The molecule has 1 atom stereocenters. The summed E-state index contributed by atoms with van der Waals surface area (Å²) in [6.45, 7) is 6.34. The highest BCUT2D eigenvalue weighted by Gasteiger charge is 2.30. The van der Waals surface area contributed by atoms with Crippen molar-refractivity contribution in [2.24, 2.45) is 0 Å². The van der Waals surface area contributed by atoms with E-state index in [-0.39, 0.29) is 17.9 Å². The predicted molar refractivity (Wildman–Crippen MR) is 151 cm³/mol. The van der Waals surface area contributed by atoms with Gasteiger partial charge < -0.3 is 10.2 Å². The van der Waals surface area contributed by atoms with Crippen LogP contribution >= 0.6 is 0 Å². The van der Waals surface area contributed by atoms with Crippen LogP contribution in [0.5, 0.6) is 0 Å². The van der Waals surface area contributed by atoms with Gasteiger partial charge in [0.15, 0.2) is 0 Å². The maximum atomic E-state index is 13.9. The van der Waals surface area contributed by atoms with E-state index in [9.17, 15) is 9.59 Å². The third kappa shape index (κ3) is 6.85. The van der Waals surface area contributed by atoms with Gasteiger partial charge in [-0.1, -0.05) is 97.1 Å². The fourth-order valence-electron chi connectivity index (χ4n) is 4.80. The monoisotopic (exact) mass is 492 g/mol. The molecule has 1 N–H and O–H groups in total. The molecule has 0 saturated carbocycles. The van der Waals surface area contributed by atoms with Crippen molar-refractivity contribution in [3.63, 3.8) is 0 Å². The van der Waals surface area contributed by atoms with Crippen LogP contribution in [0.2, 0.25) is 0 Å². The van der Waals surface area contributed by atoms with Gasteiger partial charge >= 0.3 is 0 Å². The van der Waals surface area contributed by atoms with Gasteiger partial charge in [-0.3, -0.25) is 9.59 Å². The van der Waals surface area contributed by atoms with Gasteiger partial charge in [-0.2, -0.15) is 0 Å². The minimum Gasteiger partial charge on any atom is -0.352 e. The van der Waals surface area contributed by atoms with E-state index in [0.29, 0.717) is 25.8 Å². The Morgan fingerprint density at radius 1 is 0.784 bits per heavy atom. The average molecular weight is 493 g/mol. The molecule has 0 radical (unpaired) electrons. The van der Waals surface area contributed by atoms with E-state index in [2.05, 4.69) is 42.6 Å². The largest absolute Gasteiger partial charge is 0.352 e. The predicted octanol–water partition coefficient (Wildman–Crippen LogP) is 6.25. The van der Waals surface area contributed by atoms with Crippen molar-refractivity contribution in [3.8, 4) is 0 Å². The quantitative estimate of drug-likeness (QED) is 0.285. The van der Waals surface area contributed by atoms with Gasteiger partial charge in [0.2, 0.25) is 11.8 Å². The van der Waals surface area contributed by atoms with Crippen molar-refractivity contribution < 1.29 is 9.59 Å². The first-order chi connectivity index (χ1) is 17.9. The summed E-state index contributed by atoms with van der Waals surface area (Å²) in [5.74, 6) is -0.137. The van der Waals surface area contributed by atoms with Gasteiger partial charge in [0.1, 0.15) is 6.04 Å². The standard InChI is InChI=1S/C33H36N2O2/c1-24(2)34-33(37)31(22-26-13-5-4-6-14-26)35(23-29-16-8-7-12-25(29)3)32(36)21-20-28-18-11-17-27-15-9-10-19-30(27)28/h4-19,24,31H,20-23H2,1-3H3,(H,34,37)/t31-/m1/s1. The van der Waals surface area contributed by atoms with Crippen LogP contribution in [0.1, 0.15) is 42.5 Å². The number of nitrogens with zero attached hydrogens (tertiary/aromatic N) is 1. The Bertz CT molecular complexity index is 1340. The minimum atomic E-state index is -0.607. The lowest BCUT2D eigenvalue weighted by Crippen LogP contribution is -2.51. The maximum absolute atomic E-state index is 13.9. The summed E-state index contributed by atoms with van der Waals surface area (Å²) in [4.78, 5) is 29.2. The number of aryl methyl sites for hydroxylation is 2. The number of hydrogen-bond donors (Lipinski definition) is 1. The molecule has 0 aliphatic rings. The number of amides is 2. The molecule has 4 aromatic rings. The molecule has 0 saturated heterocycles. The first-order valence-electron chi connectivity index (χ1n) is 13.1. The number of benzene rings is 4. The molecule has 190 valence electrons. The molecule has 2 amide bonds. The molecule has 0 unspecified atom stereocenters. The first-order valence-corrected chi connectivity index (χ1v) is 13.1. The lowest BCUT2D eigenvalue weighted by molar-refractivity contribution is -0.141. The summed E-state index contributed by atoms with van der Waals surface area (Å²) in [5, 5.41) is 5.40. The normalized spacial score (nSPS) is 11.9. The van der Waals surface area contributed by atoms with Gasteiger partial charge in [-0.25, -0.2) is 0 Å². The number of rotatable bonds is 10. The smallest absolute Gasteiger partial charge is 0.243 e. The molecular weight excluding hydrogens is 456 g/mol. The van der Waals surface area contributed by atoms with E-state index < -0.39 is 6.04 Å². The Kier molecular flexibility index (Phi) is 8.73. The molecule has 0 aliphatic heterocycles. The highest BCUT2D eigenvalue weighted by molar-refractivity contribution is 5.89. The third-order valence-electron chi connectivity index (χ3n) is 6.79. The zero-order valence-corrected chi connectivity index (χ0v) is 22.0. The second-order valence-electron chi connectivity index (χ2n) is 9.96. The van der Waals surface area contributed by atoms with E-state index in [1.165, 1.54) is 10.8 Å². The molecule has 0 aliphatic carbocycles. The number of carbonyl (C=O) groups excluding carboxylic acids is 2. The second-order valence-corrected chi connectivity index (χ2v) is 9.96. The summed E-state index contributed by atoms with van der Waals surface area (Å²) in [7, 11) is 0. The fourth-order valence-corrected chi connectivity index (χ4v) is 4.80. The van der Waals surface area contributed by atoms with Crippen molar-refractivity contribution >= 4 is 22.6 Å². The molecular formula is C33H36N2O2. The summed E-state index contributed by atoms with van der Waals surface area (Å²) in [6.07, 6.45) is 1.42. The Morgan fingerprint density at radius 3 is 2.19 bits per heavy atom. The minimum absolute atomic E-state index is 0.0168. The van der Waals surface area contributed by atoms with Crippen molar-refractivity contribution in [2.45, 2.75) is 58.7 Å². The zero-order valence-electron chi connectivity index (χ0n) is 22.0. The topological polar surface area (TPSA) is 49.4 Å². The van der Waals surface area contributed by atoms with Crippen LogP contribution in [0.3, 0.4) is 0 Å². The average Bonchev–Trinajstić information content (AvgIpc) is 2.90. The van der Waals surface area contributed by atoms with Gasteiger partial charge in [-0.15, -0.1) is 0 Å². The van der Waals surface area contributed by atoms with Crippen LogP contribution in [0.15, 0.2) is 97.1 Å². The van der Waals surface area contributed by atoms with Gasteiger partial charge in [0, 0.05) is 25.4 Å². The van der Waals surface area contributed by atoms with Crippen molar-refractivity contribution in [3.05, 3.63) is 119 Å². The fraction of sp³-hybridized carbons (Fsp3) is 0.273. The lowest BCUT2D eigenvalue weighted by atomic mass is 9.98. The molecule has 0 aromatic heterocycles. The van der Waals surface area contributed by atoms with Crippen molar-refractivity contribution in [1.82, 2.24) is 10.2 Å². The van der Waals surface area contributed by atoms with E-state index >= 15 is 0 Å². The van der Waals surface area contributed by atoms with Gasteiger partial charge in [0.05, 0.1) is 0 Å². The van der Waals surface area contributed by atoms with Crippen LogP contribution in [-0.4, -0.2) is 28.8 Å². The van der Waals surface area contributed by atoms with Gasteiger partial charge in [0.25, 0.3) is 0 Å². The van der Waals surface area contributed by atoms with Crippen LogP contribution in [-0.2, 0) is 29.0 Å². The van der Waals surface area contributed by atoms with E-state index in [1.807, 2.05) is 80.6 Å². The van der Waals surface area contributed by atoms with E-state index in [4.69, 9.17) is 0 Å². The maximum Gasteiger partial charge on any atom is 0.243 e. The van der Waals surface area contributed by atoms with Crippen LogP contribution in [0.4, 0.5) is 0 Å². The summed E-state index contributed by atoms with van der Waals surface area (Å²) >= 11 is 0. The Labute approximate surface area is 220 Å². The van der Waals surface area contributed by atoms with Crippen LogP contribution in [0, 0.1) is 6.92 Å². The summed E-state index contributed by atoms with van der Waals surface area (Å²) in [6, 6.07) is 31.9. The molecule has 0 bridgehead atoms. The van der Waals surface area contributed by atoms with E-state index in [0.717, 1.165) is 22.3 Å². The van der Waals surface area contributed by atoms with Crippen molar-refractivity contribution in [1.29, 1.82) is 0 Å². The number of carbonyl (C=O) groups is 2. The highest BCUT2D eigenvalue weighted by atomic mass is 16.2. The molecule has 4 nitrogen and oxygen atoms in total. The Hall–Kier alpha value is -3.92. The third-order valence-corrected chi connectivity index (χ3v) is 6.79. The molecule has 0 fully saturated rings. The first kappa shape index (κ1) is 26.2. The molecule has 4 aromatic carbocycles.